The first-order valence-corrected chi connectivity index (χ1v) is 3.67. The summed E-state index contributed by atoms with van der Waals surface area (Å²) in [5.41, 5.74) is 0.0931. The van der Waals surface area contributed by atoms with E-state index in [9.17, 15) is 4.79 Å². The molecule has 0 N–H and O–H groups in total. The predicted octanol–water partition coefficient (Wildman–Crippen LogP) is 1.18. The van der Waals surface area contributed by atoms with Crippen LogP contribution in [0.25, 0.3) is 0 Å². The molecule has 2 atom stereocenters. The highest BCUT2D eigenvalue weighted by atomic mass is 32.2. The van der Waals surface area contributed by atoms with Gasteiger partial charge in [-0.2, -0.15) is 0 Å². The topological polar surface area (TPSA) is 26.3 Å². The van der Waals surface area contributed by atoms with Gasteiger partial charge in [-0.05, 0) is 6.92 Å². The molecule has 2 unspecified atom stereocenters. The van der Waals surface area contributed by atoms with Crippen molar-refractivity contribution in [2.45, 2.75) is 17.6 Å². The Morgan fingerprint density at radius 1 is 1.89 bits per heavy atom. The van der Waals surface area contributed by atoms with Gasteiger partial charge in [-0.3, -0.25) is 0 Å². The second kappa shape index (κ2) is 2.43. The summed E-state index contributed by atoms with van der Waals surface area (Å²) in [6, 6.07) is 0. The molecule has 0 amide bonds. The molecule has 1 aliphatic rings. The van der Waals surface area contributed by atoms with Crippen LogP contribution in [0.15, 0.2) is 12.7 Å². The van der Waals surface area contributed by atoms with E-state index in [4.69, 9.17) is 4.74 Å². The largest absolute Gasteiger partial charge is 0.447 e. The lowest BCUT2D eigenvalue weighted by atomic mass is 10.5. The molecule has 1 heterocycles. The minimum absolute atomic E-state index is 0.0931. The fourth-order valence-corrected chi connectivity index (χ4v) is 0.991. The van der Waals surface area contributed by atoms with Gasteiger partial charge in [-0.15, -0.1) is 11.8 Å². The van der Waals surface area contributed by atoms with Crippen LogP contribution in [0.3, 0.4) is 0 Å². The minimum Gasteiger partial charge on any atom is -0.447 e. The van der Waals surface area contributed by atoms with E-state index in [0.717, 1.165) is 0 Å². The first-order chi connectivity index (χ1) is 4.24. The number of carbonyl (C=O) groups is 1. The molecule has 3 heteroatoms. The van der Waals surface area contributed by atoms with Crippen molar-refractivity contribution in [3.63, 3.8) is 0 Å². The van der Waals surface area contributed by atoms with Crippen molar-refractivity contribution in [1.82, 2.24) is 0 Å². The summed E-state index contributed by atoms with van der Waals surface area (Å²) in [6.45, 7) is 5.30. The van der Waals surface area contributed by atoms with Gasteiger partial charge in [0.25, 0.3) is 0 Å². The molecule has 1 aliphatic heterocycles. The molecule has 0 radical (unpaired) electrons. The van der Waals surface area contributed by atoms with Crippen LogP contribution in [-0.4, -0.2) is 16.7 Å². The number of thioether (sulfide) groups is 1. The Bertz CT molecular complexity index is 144. The quantitative estimate of drug-likeness (QED) is 0.330. The summed E-state index contributed by atoms with van der Waals surface area (Å²) in [5, 5.41) is 0.480. The first kappa shape index (κ1) is 6.68. The molecule has 9 heavy (non-hydrogen) atoms. The fourth-order valence-electron chi connectivity index (χ4n) is 0.452. The highest BCUT2D eigenvalue weighted by Crippen LogP contribution is 2.41. The van der Waals surface area contributed by atoms with Gasteiger partial charge in [-0.25, -0.2) is 4.79 Å². The third-order valence-electron chi connectivity index (χ3n) is 1.05. The van der Waals surface area contributed by atoms with E-state index in [-0.39, 0.29) is 11.4 Å². The van der Waals surface area contributed by atoms with Crippen molar-refractivity contribution in [3.05, 3.63) is 12.7 Å². The van der Waals surface area contributed by atoms with Crippen LogP contribution in [0.5, 0.6) is 0 Å². The zero-order chi connectivity index (χ0) is 6.85. The van der Waals surface area contributed by atoms with Crippen LogP contribution in [0, 0.1) is 0 Å². The number of esters is 1. The van der Waals surface area contributed by atoms with Gasteiger partial charge in [0.1, 0.15) is 0 Å². The number of rotatable bonds is 2. The Morgan fingerprint density at radius 2 is 2.44 bits per heavy atom. The van der Waals surface area contributed by atoms with Crippen molar-refractivity contribution in [2.24, 2.45) is 0 Å². The van der Waals surface area contributed by atoms with E-state index in [1.165, 1.54) is 6.08 Å². The van der Waals surface area contributed by atoms with Crippen LogP contribution in [0.4, 0.5) is 0 Å². The lowest BCUT2D eigenvalue weighted by Crippen LogP contribution is -2.03. The molecule has 0 aromatic rings. The molecule has 0 bridgehead atoms. The summed E-state index contributed by atoms with van der Waals surface area (Å²) in [4.78, 5) is 10.5. The maximum absolute atomic E-state index is 10.5. The van der Waals surface area contributed by atoms with Gasteiger partial charge < -0.3 is 4.74 Å². The monoisotopic (exact) mass is 144 g/mol. The summed E-state index contributed by atoms with van der Waals surface area (Å²) in [5.74, 6) is -0.322. The number of hydrogen-bond acceptors (Lipinski definition) is 3. The molecule has 0 aromatic heterocycles. The molecule has 2 nitrogen and oxygen atoms in total. The molecule has 0 spiro atoms. The van der Waals surface area contributed by atoms with Gasteiger partial charge in [0.2, 0.25) is 0 Å². The van der Waals surface area contributed by atoms with E-state index in [0.29, 0.717) is 5.25 Å². The smallest absolute Gasteiger partial charge is 0.331 e. The maximum atomic E-state index is 10.5. The van der Waals surface area contributed by atoms with Crippen LogP contribution in [0.2, 0.25) is 0 Å². The summed E-state index contributed by atoms with van der Waals surface area (Å²) >= 11 is 1.64. The summed E-state index contributed by atoms with van der Waals surface area (Å²) in [6.07, 6.45) is 1.19. The third kappa shape index (κ3) is 1.75. The molecular weight excluding hydrogens is 136 g/mol. The van der Waals surface area contributed by atoms with Crippen LogP contribution >= 0.6 is 11.8 Å². The normalized spacial score (nSPS) is 31.2. The van der Waals surface area contributed by atoms with E-state index in [1.807, 2.05) is 6.92 Å². The second-order valence-corrected chi connectivity index (χ2v) is 3.33. The first-order valence-electron chi connectivity index (χ1n) is 2.72. The maximum Gasteiger partial charge on any atom is 0.331 e. The molecule has 0 aromatic carbocycles. The zero-order valence-electron chi connectivity index (χ0n) is 5.16. The fraction of sp³-hybridized carbons (Fsp3) is 0.500. The summed E-state index contributed by atoms with van der Waals surface area (Å²) < 4.78 is 4.83. The Kier molecular flexibility index (Phi) is 1.81. The van der Waals surface area contributed by atoms with Crippen LogP contribution < -0.4 is 0 Å². The Morgan fingerprint density at radius 3 is 2.78 bits per heavy atom. The van der Waals surface area contributed by atoms with Gasteiger partial charge in [0, 0.05) is 6.08 Å². The number of carbonyl (C=O) groups excluding carboxylic acids is 1. The van der Waals surface area contributed by atoms with Gasteiger partial charge in [0.05, 0.1) is 5.25 Å². The van der Waals surface area contributed by atoms with Crippen LogP contribution in [0.1, 0.15) is 6.92 Å². The van der Waals surface area contributed by atoms with E-state index in [1.54, 1.807) is 11.8 Å². The van der Waals surface area contributed by atoms with Crippen molar-refractivity contribution in [3.8, 4) is 0 Å². The number of ether oxygens (including phenoxy) is 1. The lowest BCUT2D eigenvalue weighted by Gasteiger charge is -1.93. The van der Waals surface area contributed by atoms with Crippen molar-refractivity contribution in [2.75, 3.05) is 0 Å². The molecule has 1 saturated heterocycles. The van der Waals surface area contributed by atoms with E-state index >= 15 is 0 Å². The second-order valence-electron chi connectivity index (χ2n) is 1.85. The Hall–Kier alpha value is -0.440. The summed E-state index contributed by atoms with van der Waals surface area (Å²) in [7, 11) is 0. The number of hydrogen-bond donors (Lipinski definition) is 0. The van der Waals surface area contributed by atoms with Crippen molar-refractivity contribution in [1.29, 1.82) is 0 Å². The molecule has 0 saturated carbocycles. The van der Waals surface area contributed by atoms with Gasteiger partial charge in [0.15, 0.2) is 5.44 Å². The Labute approximate surface area is 58.3 Å². The molecule has 0 aliphatic carbocycles. The van der Waals surface area contributed by atoms with Gasteiger partial charge >= 0.3 is 5.97 Å². The van der Waals surface area contributed by atoms with E-state index < -0.39 is 0 Å². The highest BCUT2D eigenvalue weighted by Gasteiger charge is 2.37. The van der Waals surface area contributed by atoms with Crippen LogP contribution in [-0.2, 0) is 9.53 Å². The SMILES string of the molecule is C=CC(=O)OC1SC1C. The molecular formula is C6H8O2S. The third-order valence-corrected chi connectivity index (χ3v) is 2.19. The highest BCUT2D eigenvalue weighted by molar-refractivity contribution is 8.07. The Balaban J connectivity index is 2.19. The predicted molar refractivity (Wildman–Crippen MR) is 37.1 cm³/mol. The average molecular weight is 144 g/mol. The molecule has 1 rings (SSSR count). The molecule has 50 valence electrons. The van der Waals surface area contributed by atoms with E-state index in [2.05, 4.69) is 6.58 Å². The zero-order valence-corrected chi connectivity index (χ0v) is 5.98. The minimum atomic E-state index is -0.322. The van der Waals surface area contributed by atoms with Crippen molar-refractivity contribution >= 4 is 17.7 Å². The lowest BCUT2D eigenvalue weighted by molar-refractivity contribution is -0.137. The van der Waals surface area contributed by atoms with Gasteiger partial charge in [-0.1, -0.05) is 6.58 Å². The average Bonchev–Trinajstić information content (AvgIpc) is 2.47. The molecule has 1 fully saturated rings. The van der Waals surface area contributed by atoms with Crippen molar-refractivity contribution < 1.29 is 9.53 Å². The standard InChI is InChI=1S/C6H8O2S/c1-3-5(7)8-6-4(2)9-6/h3-4,6H,1H2,2H3.